The molecule has 0 spiro atoms. The lowest BCUT2D eigenvalue weighted by atomic mass is 9.67. The first kappa shape index (κ1) is 39.0. The Hall–Kier alpha value is -9.05. The quantitative estimate of drug-likeness (QED) is 0.163. The summed E-state index contributed by atoms with van der Waals surface area (Å²) in [6.07, 6.45) is 0. The predicted molar refractivity (Wildman–Crippen MR) is 288 cm³/mol. The highest BCUT2D eigenvalue weighted by Gasteiger charge is 2.49. The summed E-state index contributed by atoms with van der Waals surface area (Å²) in [6, 6.07) is 96.3. The number of hydrogen-bond acceptors (Lipinski definition) is 1. The Morgan fingerprint density at radius 3 is 1.00 bits per heavy atom. The molecule has 10 aromatic carbocycles. The van der Waals surface area contributed by atoms with Gasteiger partial charge in [-0.25, -0.2) is 4.98 Å². The van der Waals surface area contributed by atoms with E-state index in [1.807, 2.05) is 0 Å². The average molecular weight is 890 g/mol. The first-order chi connectivity index (χ1) is 34.8. The van der Waals surface area contributed by atoms with E-state index in [2.05, 4.69) is 270 Å². The molecule has 15 rings (SSSR count). The second-order valence-corrected chi connectivity index (χ2v) is 18.9. The van der Waals surface area contributed by atoms with Crippen molar-refractivity contribution in [1.82, 2.24) is 14.1 Å². The highest BCUT2D eigenvalue weighted by Crippen LogP contribution is 2.60. The number of para-hydroxylation sites is 2. The second-order valence-electron chi connectivity index (χ2n) is 18.9. The van der Waals surface area contributed by atoms with E-state index in [0.29, 0.717) is 0 Å². The third-order valence-corrected chi connectivity index (χ3v) is 15.7. The summed E-state index contributed by atoms with van der Waals surface area (Å²) in [5, 5.41) is 4.81. The molecule has 0 saturated carbocycles. The van der Waals surface area contributed by atoms with Crippen molar-refractivity contribution in [1.29, 1.82) is 0 Å². The van der Waals surface area contributed by atoms with Gasteiger partial charge in [0, 0.05) is 32.7 Å². The van der Waals surface area contributed by atoms with Gasteiger partial charge in [-0.2, -0.15) is 0 Å². The van der Waals surface area contributed by atoms with Crippen molar-refractivity contribution in [3.63, 3.8) is 0 Å². The molecule has 2 aliphatic carbocycles. The lowest BCUT2D eigenvalue weighted by Gasteiger charge is -2.33. The molecule has 0 N–H and O–H groups in total. The maximum absolute atomic E-state index is 5.85. The highest BCUT2D eigenvalue weighted by atomic mass is 15.1. The molecule has 326 valence electrons. The van der Waals surface area contributed by atoms with Crippen molar-refractivity contribution in [2.45, 2.75) is 10.8 Å². The third kappa shape index (κ3) is 5.00. The standard InChI is InChI=1S/C67H43N3/c1-5-22-44(23-6-1)66(45-24-7-2-8-25-45)54-34-17-13-32-52(54)62-56(66)42-40-50-48-30-15-19-36-58(48)69(64(50)62)60-38-21-39-61(68-60)70-59-37-20-16-31-49(59)51-41-43-57-63(65(51)70)53-33-14-18-35-55(53)67(57,46-26-9-3-10-27-46)47-28-11-4-12-29-47/h1-43H. The molecule has 0 bridgehead atoms. The van der Waals surface area contributed by atoms with Gasteiger partial charge in [0.05, 0.1) is 32.9 Å². The van der Waals surface area contributed by atoms with Crippen LogP contribution >= 0.6 is 0 Å². The molecular weight excluding hydrogens is 847 g/mol. The molecule has 0 amide bonds. The van der Waals surface area contributed by atoms with Crippen LogP contribution in [0.2, 0.25) is 0 Å². The number of fused-ring (bicyclic) bond motifs is 14. The number of rotatable bonds is 6. The van der Waals surface area contributed by atoms with E-state index < -0.39 is 10.8 Å². The van der Waals surface area contributed by atoms with E-state index in [9.17, 15) is 0 Å². The van der Waals surface area contributed by atoms with Gasteiger partial charge in [-0.1, -0.05) is 237 Å². The molecule has 70 heavy (non-hydrogen) atoms. The van der Waals surface area contributed by atoms with Crippen LogP contribution in [-0.4, -0.2) is 14.1 Å². The fourth-order valence-electron chi connectivity index (χ4n) is 13.1. The first-order valence-electron chi connectivity index (χ1n) is 24.3. The smallest absolute Gasteiger partial charge is 0.140 e. The van der Waals surface area contributed by atoms with Crippen molar-refractivity contribution in [2.24, 2.45) is 0 Å². The topological polar surface area (TPSA) is 22.8 Å². The maximum atomic E-state index is 5.85. The molecule has 13 aromatic rings. The Morgan fingerprint density at radius 2 is 0.600 bits per heavy atom. The number of hydrogen-bond donors (Lipinski definition) is 0. The number of aromatic nitrogens is 3. The third-order valence-electron chi connectivity index (χ3n) is 15.7. The van der Waals surface area contributed by atoms with E-state index in [4.69, 9.17) is 4.98 Å². The SMILES string of the molecule is c1ccc(C2(c3ccccc3)c3ccccc3-c3c2ccc2c4ccccc4n(-c4cccc(-n5c6ccccc6c6ccc7c(c65)-c5ccccc5C7(c5ccccc5)c5ccccc5)n4)c32)cc1. The van der Waals surface area contributed by atoms with Crippen molar-refractivity contribution < 1.29 is 0 Å². The fraction of sp³-hybridized carbons (Fsp3) is 0.0299. The Bertz CT molecular complexity index is 3870. The monoisotopic (exact) mass is 889 g/mol. The van der Waals surface area contributed by atoms with Crippen LogP contribution in [0.1, 0.15) is 44.5 Å². The van der Waals surface area contributed by atoms with E-state index in [1.165, 1.54) is 88.3 Å². The highest BCUT2D eigenvalue weighted by molar-refractivity contribution is 6.17. The molecule has 3 heterocycles. The van der Waals surface area contributed by atoms with Crippen molar-refractivity contribution >= 4 is 43.6 Å². The molecule has 2 aliphatic rings. The number of pyridine rings is 1. The molecule has 0 saturated heterocycles. The van der Waals surface area contributed by atoms with Crippen molar-refractivity contribution in [3.8, 4) is 33.9 Å². The normalized spacial score (nSPS) is 13.9. The zero-order chi connectivity index (χ0) is 46.0. The zero-order valence-electron chi connectivity index (χ0n) is 38.2. The van der Waals surface area contributed by atoms with Gasteiger partial charge >= 0.3 is 0 Å². The van der Waals surface area contributed by atoms with Crippen molar-refractivity contribution in [3.05, 3.63) is 305 Å². The lowest BCUT2D eigenvalue weighted by Crippen LogP contribution is -2.28. The van der Waals surface area contributed by atoms with Gasteiger partial charge in [0.2, 0.25) is 0 Å². The molecule has 3 heteroatoms. The summed E-state index contributed by atoms with van der Waals surface area (Å²) >= 11 is 0. The number of benzene rings is 10. The van der Waals surface area contributed by atoms with E-state index >= 15 is 0 Å². The van der Waals surface area contributed by atoms with Gasteiger partial charge in [-0.3, -0.25) is 9.13 Å². The Kier molecular flexibility index (Phi) is 8.20. The molecule has 0 unspecified atom stereocenters. The van der Waals surface area contributed by atoms with Gasteiger partial charge in [-0.15, -0.1) is 0 Å². The van der Waals surface area contributed by atoms with Gasteiger partial charge in [0.1, 0.15) is 11.6 Å². The van der Waals surface area contributed by atoms with Crippen LogP contribution in [-0.2, 0) is 10.8 Å². The van der Waals surface area contributed by atoms with E-state index in [1.54, 1.807) is 0 Å². The van der Waals surface area contributed by atoms with Crippen LogP contribution in [0.3, 0.4) is 0 Å². The van der Waals surface area contributed by atoms with E-state index in [0.717, 1.165) is 33.7 Å². The maximum Gasteiger partial charge on any atom is 0.140 e. The zero-order valence-corrected chi connectivity index (χ0v) is 38.2. The predicted octanol–water partition coefficient (Wildman–Crippen LogP) is 16.0. The van der Waals surface area contributed by atoms with Crippen LogP contribution < -0.4 is 0 Å². The molecule has 0 radical (unpaired) electrons. The van der Waals surface area contributed by atoms with Crippen molar-refractivity contribution in [2.75, 3.05) is 0 Å². The summed E-state index contributed by atoms with van der Waals surface area (Å²) in [6.45, 7) is 0. The molecule has 0 atom stereocenters. The molecule has 3 nitrogen and oxygen atoms in total. The van der Waals surface area contributed by atoms with Gasteiger partial charge in [-0.05, 0) is 79.9 Å². The summed E-state index contributed by atoms with van der Waals surface area (Å²) in [7, 11) is 0. The van der Waals surface area contributed by atoms with Crippen LogP contribution in [0.25, 0.3) is 77.5 Å². The summed E-state index contributed by atoms with van der Waals surface area (Å²) < 4.78 is 4.89. The Labute approximate surface area is 405 Å². The van der Waals surface area contributed by atoms with Crippen LogP contribution in [0.5, 0.6) is 0 Å². The minimum atomic E-state index is -0.534. The minimum absolute atomic E-state index is 0.534. The molecule has 0 aliphatic heterocycles. The molecular formula is C67H43N3. The van der Waals surface area contributed by atoms with Crippen LogP contribution in [0, 0.1) is 0 Å². The van der Waals surface area contributed by atoms with E-state index in [-0.39, 0.29) is 0 Å². The van der Waals surface area contributed by atoms with Gasteiger partial charge < -0.3 is 0 Å². The minimum Gasteiger partial charge on any atom is -0.293 e. The van der Waals surface area contributed by atoms with Crippen LogP contribution in [0.15, 0.2) is 261 Å². The largest absolute Gasteiger partial charge is 0.293 e. The van der Waals surface area contributed by atoms with Gasteiger partial charge in [0.15, 0.2) is 0 Å². The average Bonchev–Trinajstić information content (AvgIpc) is 4.15. The fourth-order valence-corrected chi connectivity index (χ4v) is 13.1. The Morgan fingerprint density at radius 1 is 0.257 bits per heavy atom. The Balaban J connectivity index is 1.04. The lowest BCUT2D eigenvalue weighted by molar-refractivity contribution is 0.769. The summed E-state index contributed by atoms with van der Waals surface area (Å²) in [4.78, 5) is 5.85. The van der Waals surface area contributed by atoms with Gasteiger partial charge in [0.25, 0.3) is 0 Å². The summed E-state index contributed by atoms with van der Waals surface area (Å²) in [5.41, 5.74) is 18.6. The molecule has 3 aromatic heterocycles. The first-order valence-corrected chi connectivity index (χ1v) is 24.3. The molecule has 0 fully saturated rings. The number of nitrogens with zero attached hydrogens (tertiary/aromatic N) is 3. The second kappa shape index (κ2) is 14.7. The summed E-state index contributed by atoms with van der Waals surface area (Å²) in [5.74, 6) is 1.74. The van der Waals surface area contributed by atoms with Crippen LogP contribution in [0.4, 0.5) is 0 Å².